The third-order valence-electron chi connectivity index (χ3n) is 15.3. The molecule has 12 aromatic rings. The minimum absolute atomic E-state index is 0.000474. The smallest absolute Gasteiger partial charge is 0.145 e. The summed E-state index contributed by atoms with van der Waals surface area (Å²) in [6.07, 6.45) is 0. The number of hydrogen-bond acceptors (Lipinski definition) is 4. The van der Waals surface area contributed by atoms with Gasteiger partial charge in [-0.25, -0.2) is 0 Å². The number of hydrogen-bond donors (Lipinski definition) is 0. The van der Waals surface area contributed by atoms with Crippen molar-refractivity contribution in [1.29, 1.82) is 0 Å². The average molecular weight is 993 g/mol. The van der Waals surface area contributed by atoms with Gasteiger partial charge in [-0.3, -0.25) is 0 Å². The molecule has 2 heterocycles. The van der Waals surface area contributed by atoms with Gasteiger partial charge in [0.05, 0.1) is 22.2 Å². The van der Waals surface area contributed by atoms with Gasteiger partial charge in [0, 0.05) is 59.4 Å². The predicted molar refractivity (Wildman–Crippen MR) is 320 cm³/mol. The summed E-state index contributed by atoms with van der Waals surface area (Å²) in [5.74, 6) is 0. The lowest BCUT2D eigenvalue weighted by Crippen LogP contribution is -2.30. The first kappa shape index (κ1) is 46.1. The molecule has 74 heavy (non-hydrogen) atoms. The Morgan fingerprint density at radius 3 is 1.47 bits per heavy atom. The maximum Gasteiger partial charge on any atom is 0.145 e. The zero-order valence-corrected chi connectivity index (χ0v) is 44.6. The van der Waals surface area contributed by atoms with E-state index in [0.29, 0.717) is 0 Å². The molecule has 13 rings (SSSR count). The van der Waals surface area contributed by atoms with Crippen molar-refractivity contribution < 1.29 is 4.42 Å². The number of anilines is 6. The molecule has 1 aliphatic carbocycles. The second-order valence-corrected chi connectivity index (χ2v) is 23.6. The second-order valence-electron chi connectivity index (χ2n) is 21.9. The van der Waals surface area contributed by atoms with Crippen molar-refractivity contribution in [1.82, 2.24) is 0 Å². The van der Waals surface area contributed by atoms with Crippen LogP contribution in [0, 0.1) is 0 Å². The molecule has 2 unspecified atom stereocenters. The van der Waals surface area contributed by atoms with Gasteiger partial charge >= 0.3 is 0 Å². The molecule has 0 spiro atoms. The second kappa shape index (κ2) is 17.4. The minimum atomic E-state index is -0.823. The SMILES string of the molecule is CC(C)(C)c1ccc(N(c2ccccc2)c2cc3c(c4oc5ccccc5c24)-c2c(cc(N(c4ccccc4)c4ccc(C(C)(C)C)cc4)c4c2sc2ccccc24)C3(c2ccccc2)c2cccc(P)c2)cc1. The third kappa shape index (κ3) is 7.25. The van der Waals surface area contributed by atoms with E-state index < -0.39 is 5.41 Å². The maximum atomic E-state index is 7.51. The zero-order chi connectivity index (χ0) is 50.5. The Morgan fingerprint density at radius 2 is 0.905 bits per heavy atom. The summed E-state index contributed by atoms with van der Waals surface area (Å²) in [4.78, 5) is 4.96. The molecule has 10 aromatic carbocycles. The van der Waals surface area contributed by atoms with Crippen LogP contribution in [0.4, 0.5) is 34.1 Å². The molecule has 0 saturated carbocycles. The monoisotopic (exact) mass is 992 g/mol. The van der Waals surface area contributed by atoms with Gasteiger partial charge in [0.2, 0.25) is 0 Å². The van der Waals surface area contributed by atoms with Gasteiger partial charge in [-0.15, -0.1) is 20.6 Å². The van der Waals surface area contributed by atoms with Crippen LogP contribution in [0.3, 0.4) is 0 Å². The van der Waals surface area contributed by atoms with E-state index in [-0.39, 0.29) is 10.8 Å². The molecule has 0 aliphatic heterocycles. The van der Waals surface area contributed by atoms with Crippen LogP contribution < -0.4 is 15.1 Å². The quantitative estimate of drug-likeness (QED) is 0.141. The van der Waals surface area contributed by atoms with Crippen molar-refractivity contribution in [2.75, 3.05) is 9.80 Å². The Bertz CT molecular complexity index is 3860. The Morgan fingerprint density at radius 1 is 0.432 bits per heavy atom. The zero-order valence-electron chi connectivity index (χ0n) is 42.7. The topological polar surface area (TPSA) is 19.6 Å². The van der Waals surface area contributed by atoms with Crippen molar-refractivity contribution in [3.63, 3.8) is 0 Å². The average Bonchev–Trinajstić information content (AvgIpc) is 4.13. The number of furan rings is 1. The lowest BCUT2D eigenvalue weighted by molar-refractivity contribution is 0.590. The maximum absolute atomic E-state index is 7.51. The van der Waals surface area contributed by atoms with Gasteiger partial charge in [0.15, 0.2) is 0 Å². The van der Waals surface area contributed by atoms with Gasteiger partial charge in [0.25, 0.3) is 0 Å². The highest BCUT2D eigenvalue weighted by Gasteiger charge is 2.50. The van der Waals surface area contributed by atoms with E-state index in [1.165, 1.54) is 59.1 Å². The molecule has 2 atom stereocenters. The van der Waals surface area contributed by atoms with Crippen LogP contribution in [0.5, 0.6) is 0 Å². The minimum Gasteiger partial charge on any atom is -0.455 e. The Balaban J connectivity index is 1.24. The fraction of sp³-hybridized carbons (Fsp3) is 0.130. The first-order valence-electron chi connectivity index (χ1n) is 25.7. The summed E-state index contributed by atoms with van der Waals surface area (Å²) in [5, 5.41) is 5.74. The van der Waals surface area contributed by atoms with Gasteiger partial charge in [0.1, 0.15) is 11.2 Å². The Hall–Kier alpha value is -7.75. The number of nitrogens with zero attached hydrogens (tertiary/aromatic N) is 2. The molecule has 2 aromatic heterocycles. The van der Waals surface area contributed by atoms with Crippen molar-refractivity contribution in [3.8, 4) is 11.1 Å². The molecule has 0 amide bonds. The molecule has 0 saturated heterocycles. The van der Waals surface area contributed by atoms with E-state index in [1.54, 1.807) is 0 Å². The van der Waals surface area contributed by atoms with E-state index in [4.69, 9.17) is 4.42 Å². The van der Waals surface area contributed by atoms with Crippen molar-refractivity contribution >= 4 is 102 Å². The summed E-state index contributed by atoms with van der Waals surface area (Å²) >= 11 is 1.89. The van der Waals surface area contributed by atoms with Gasteiger partial charge in [-0.2, -0.15) is 0 Å². The number of para-hydroxylation sites is 3. The summed E-state index contributed by atoms with van der Waals surface area (Å²) in [7, 11) is 3.02. The van der Waals surface area contributed by atoms with Crippen molar-refractivity contribution in [2.45, 2.75) is 57.8 Å². The van der Waals surface area contributed by atoms with Crippen LogP contribution in [-0.4, -0.2) is 0 Å². The van der Waals surface area contributed by atoms with E-state index in [0.717, 1.165) is 66.9 Å². The molecule has 0 N–H and O–H groups in total. The predicted octanol–water partition coefficient (Wildman–Crippen LogP) is 19.4. The summed E-state index contributed by atoms with van der Waals surface area (Å²) in [5.41, 5.74) is 17.2. The Kier molecular flexibility index (Phi) is 10.9. The number of thiophene rings is 1. The molecule has 3 nitrogen and oxygen atoms in total. The molecule has 0 bridgehead atoms. The lowest BCUT2D eigenvalue weighted by atomic mass is 9.67. The summed E-state index contributed by atoms with van der Waals surface area (Å²) in [6.45, 7) is 13.7. The number of benzene rings is 10. The van der Waals surface area contributed by atoms with Crippen LogP contribution in [0.1, 0.15) is 74.9 Å². The van der Waals surface area contributed by atoms with Crippen LogP contribution in [0.2, 0.25) is 0 Å². The molecule has 1 aliphatic rings. The Labute approximate surface area is 440 Å². The highest BCUT2D eigenvalue weighted by molar-refractivity contribution is 7.27. The molecule has 360 valence electrons. The molecule has 5 heteroatoms. The molecular weight excluding hydrogens is 936 g/mol. The van der Waals surface area contributed by atoms with Gasteiger partial charge < -0.3 is 14.2 Å². The molecule has 0 radical (unpaired) electrons. The van der Waals surface area contributed by atoms with Crippen LogP contribution in [0.15, 0.2) is 229 Å². The van der Waals surface area contributed by atoms with Gasteiger partial charge in [-0.1, -0.05) is 193 Å². The van der Waals surface area contributed by atoms with Crippen molar-refractivity contribution in [2.24, 2.45) is 0 Å². The van der Waals surface area contributed by atoms with Crippen LogP contribution >= 0.6 is 20.6 Å². The third-order valence-corrected chi connectivity index (χ3v) is 16.9. The number of rotatable bonds is 8. The van der Waals surface area contributed by atoms with Crippen molar-refractivity contribution in [3.05, 3.63) is 258 Å². The van der Waals surface area contributed by atoms with Crippen LogP contribution in [0.25, 0.3) is 53.2 Å². The summed E-state index contributed by atoms with van der Waals surface area (Å²) < 4.78 is 9.99. The largest absolute Gasteiger partial charge is 0.455 e. The van der Waals surface area contributed by atoms with Crippen LogP contribution in [-0.2, 0) is 16.2 Å². The fourth-order valence-corrected chi connectivity index (χ4v) is 13.4. The van der Waals surface area contributed by atoms with Gasteiger partial charge in [-0.05, 0) is 122 Å². The summed E-state index contributed by atoms with van der Waals surface area (Å²) in [6, 6.07) is 83.3. The number of fused-ring (bicyclic) bond motifs is 11. The normalized spacial score (nSPS) is 14.5. The molecular formula is C69H57N2OPS. The van der Waals surface area contributed by atoms with E-state index >= 15 is 0 Å². The highest BCUT2D eigenvalue weighted by Crippen LogP contribution is 2.65. The molecule has 0 fully saturated rings. The van der Waals surface area contributed by atoms with E-state index in [2.05, 4.69) is 285 Å². The van der Waals surface area contributed by atoms with E-state index in [1.807, 2.05) is 11.3 Å². The first-order valence-corrected chi connectivity index (χ1v) is 27.1. The first-order chi connectivity index (χ1) is 35.9. The standard InChI is InChI=1S/C69H57N2OPS/c1-67(2,3)44-33-37-50(38-34-44)70(48-24-12-8-13-25-48)57-42-55-63(65-61(57)53-29-16-18-31-59(53)72-65)64-56(69(55,46-21-10-7-11-22-46)47-23-20-28-52(73)41-47)43-58(62-54-30-17-19-32-60(54)74-66(62)64)71(49-26-14-9-15-27-49)51-39-35-45(36-40-51)68(4,5)6/h7-43H,73H2,1-6H3. The fourth-order valence-electron chi connectivity index (χ4n) is 11.8. The van der Waals surface area contributed by atoms with E-state index in [9.17, 15) is 0 Å². The lowest BCUT2D eigenvalue weighted by Gasteiger charge is -2.36. The highest BCUT2D eigenvalue weighted by atomic mass is 32.1.